The van der Waals surface area contributed by atoms with Crippen LogP contribution in [0, 0.1) is 12.8 Å². The maximum Gasteiger partial charge on any atom is 0.0111 e. The van der Waals surface area contributed by atoms with Crippen molar-refractivity contribution in [3.63, 3.8) is 0 Å². The second kappa shape index (κ2) is 5.80. The normalized spacial score (nSPS) is 19.4. The molecule has 0 fully saturated rings. The molecule has 2 aromatic carbocycles. The van der Waals surface area contributed by atoms with Gasteiger partial charge in [-0.2, -0.15) is 0 Å². The molecule has 0 saturated heterocycles. The van der Waals surface area contributed by atoms with Crippen molar-refractivity contribution in [3.05, 3.63) is 70.8 Å². The molecule has 3 rings (SSSR count). The van der Waals surface area contributed by atoms with Crippen LogP contribution in [0.25, 0.3) is 0 Å². The van der Waals surface area contributed by atoms with Gasteiger partial charge in [-0.25, -0.2) is 0 Å². The highest BCUT2D eigenvalue weighted by atomic mass is 14.6. The number of hydrogen-bond acceptors (Lipinski definition) is 1. The van der Waals surface area contributed by atoms with Gasteiger partial charge in [0.2, 0.25) is 0 Å². The van der Waals surface area contributed by atoms with Crippen LogP contribution in [0.2, 0.25) is 0 Å². The molecule has 0 amide bonds. The highest BCUT2D eigenvalue weighted by Crippen LogP contribution is 2.28. The fraction of sp³-hybridized carbons (Fsp3) is 0.368. The summed E-state index contributed by atoms with van der Waals surface area (Å²) in [6.07, 6.45) is 4.55. The van der Waals surface area contributed by atoms with E-state index in [4.69, 9.17) is 5.73 Å². The van der Waals surface area contributed by atoms with E-state index in [1.807, 2.05) is 0 Å². The Hall–Kier alpha value is -1.60. The molecule has 0 aromatic heterocycles. The third-order valence-electron chi connectivity index (χ3n) is 4.54. The summed E-state index contributed by atoms with van der Waals surface area (Å²) in [5.41, 5.74) is 12.2. The molecular weight excluding hydrogens is 242 g/mol. The highest BCUT2D eigenvalue weighted by Gasteiger charge is 2.23. The van der Waals surface area contributed by atoms with Crippen LogP contribution in [0.4, 0.5) is 0 Å². The molecule has 1 heteroatoms. The minimum atomic E-state index is 0.269. The first kappa shape index (κ1) is 13.4. The Bertz CT molecular complexity index is 588. The van der Waals surface area contributed by atoms with E-state index in [0.29, 0.717) is 5.92 Å². The molecule has 20 heavy (non-hydrogen) atoms. The predicted octanol–water partition coefficient (Wildman–Crippen LogP) is 3.67. The molecule has 0 bridgehead atoms. The molecule has 2 atom stereocenters. The van der Waals surface area contributed by atoms with E-state index in [0.717, 1.165) is 12.8 Å². The van der Waals surface area contributed by atoms with E-state index in [9.17, 15) is 0 Å². The summed E-state index contributed by atoms with van der Waals surface area (Å²) in [6.45, 7) is 2.14. The molecule has 0 aliphatic heterocycles. The molecular formula is C19H23N. The maximum absolute atomic E-state index is 6.49. The SMILES string of the molecule is Cc1cccc(CC(N)C2CCc3ccccc3C2)c1. The van der Waals surface area contributed by atoms with Crippen LogP contribution in [0.1, 0.15) is 28.7 Å². The predicted molar refractivity (Wildman–Crippen MR) is 84.8 cm³/mol. The van der Waals surface area contributed by atoms with E-state index in [2.05, 4.69) is 55.5 Å². The molecule has 1 aliphatic carbocycles. The Balaban J connectivity index is 1.68. The van der Waals surface area contributed by atoms with Gasteiger partial charge in [0, 0.05) is 6.04 Å². The van der Waals surface area contributed by atoms with Gasteiger partial charge in [0.05, 0.1) is 0 Å². The topological polar surface area (TPSA) is 26.0 Å². The standard InChI is InChI=1S/C19H23N/c1-14-5-4-6-15(11-14)12-19(20)18-10-9-16-7-2-3-8-17(16)13-18/h2-8,11,18-19H,9-10,12-13,20H2,1H3. The zero-order valence-corrected chi connectivity index (χ0v) is 12.2. The number of benzene rings is 2. The second-order valence-electron chi connectivity index (χ2n) is 6.13. The van der Waals surface area contributed by atoms with Gasteiger partial charge in [-0.3, -0.25) is 0 Å². The van der Waals surface area contributed by atoms with Gasteiger partial charge in [-0.05, 0) is 55.2 Å². The summed E-state index contributed by atoms with van der Waals surface area (Å²) in [7, 11) is 0. The van der Waals surface area contributed by atoms with Crippen LogP contribution in [0.5, 0.6) is 0 Å². The average molecular weight is 265 g/mol. The molecule has 0 spiro atoms. The van der Waals surface area contributed by atoms with Crippen LogP contribution >= 0.6 is 0 Å². The molecule has 2 N–H and O–H groups in total. The van der Waals surface area contributed by atoms with Gasteiger partial charge in [0.1, 0.15) is 0 Å². The second-order valence-corrected chi connectivity index (χ2v) is 6.13. The van der Waals surface area contributed by atoms with Crippen LogP contribution in [-0.4, -0.2) is 6.04 Å². The number of fused-ring (bicyclic) bond motifs is 1. The minimum absolute atomic E-state index is 0.269. The largest absolute Gasteiger partial charge is 0.327 e. The van der Waals surface area contributed by atoms with Crippen LogP contribution < -0.4 is 5.73 Å². The van der Waals surface area contributed by atoms with Gasteiger partial charge in [-0.15, -0.1) is 0 Å². The quantitative estimate of drug-likeness (QED) is 0.900. The smallest absolute Gasteiger partial charge is 0.0111 e. The van der Waals surface area contributed by atoms with E-state index in [1.165, 1.54) is 35.1 Å². The first-order valence-corrected chi connectivity index (χ1v) is 7.60. The van der Waals surface area contributed by atoms with E-state index < -0.39 is 0 Å². The van der Waals surface area contributed by atoms with Crippen molar-refractivity contribution in [1.29, 1.82) is 0 Å². The lowest BCUT2D eigenvalue weighted by atomic mass is 9.78. The summed E-state index contributed by atoms with van der Waals surface area (Å²) < 4.78 is 0. The Labute approximate surface area is 121 Å². The Morgan fingerprint density at radius 3 is 2.70 bits per heavy atom. The molecule has 2 unspecified atom stereocenters. The van der Waals surface area contributed by atoms with Crippen LogP contribution in [-0.2, 0) is 19.3 Å². The fourth-order valence-electron chi connectivity index (χ4n) is 3.37. The lowest BCUT2D eigenvalue weighted by Gasteiger charge is -2.29. The molecule has 104 valence electrons. The van der Waals surface area contributed by atoms with Crippen molar-refractivity contribution in [2.75, 3.05) is 0 Å². The maximum atomic E-state index is 6.49. The van der Waals surface area contributed by atoms with E-state index in [1.54, 1.807) is 0 Å². The lowest BCUT2D eigenvalue weighted by Crippen LogP contribution is -2.35. The van der Waals surface area contributed by atoms with Crippen molar-refractivity contribution in [2.45, 2.75) is 38.6 Å². The van der Waals surface area contributed by atoms with Gasteiger partial charge < -0.3 is 5.73 Å². The van der Waals surface area contributed by atoms with E-state index in [-0.39, 0.29) is 6.04 Å². The van der Waals surface area contributed by atoms with E-state index >= 15 is 0 Å². The Morgan fingerprint density at radius 2 is 1.90 bits per heavy atom. The highest BCUT2D eigenvalue weighted by molar-refractivity contribution is 5.30. The monoisotopic (exact) mass is 265 g/mol. The average Bonchev–Trinajstić information content (AvgIpc) is 2.47. The summed E-state index contributed by atoms with van der Waals surface area (Å²) >= 11 is 0. The Morgan fingerprint density at radius 1 is 1.10 bits per heavy atom. The summed E-state index contributed by atoms with van der Waals surface area (Å²) in [4.78, 5) is 0. The minimum Gasteiger partial charge on any atom is -0.327 e. The molecule has 0 radical (unpaired) electrons. The van der Waals surface area contributed by atoms with Crippen molar-refractivity contribution in [3.8, 4) is 0 Å². The number of aryl methyl sites for hydroxylation is 2. The van der Waals surface area contributed by atoms with Crippen molar-refractivity contribution in [2.24, 2.45) is 11.7 Å². The summed E-state index contributed by atoms with van der Waals surface area (Å²) in [5, 5.41) is 0. The first-order valence-electron chi connectivity index (χ1n) is 7.60. The van der Waals surface area contributed by atoms with Gasteiger partial charge >= 0.3 is 0 Å². The van der Waals surface area contributed by atoms with Gasteiger partial charge in [0.15, 0.2) is 0 Å². The Kier molecular flexibility index (Phi) is 3.88. The third kappa shape index (κ3) is 2.94. The number of rotatable bonds is 3. The molecule has 1 nitrogen and oxygen atoms in total. The zero-order chi connectivity index (χ0) is 13.9. The number of nitrogens with two attached hydrogens (primary N) is 1. The van der Waals surface area contributed by atoms with Crippen molar-refractivity contribution in [1.82, 2.24) is 0 Å². The fourth-order valence-corrected chi connectivity index (χ4v) is 3.37. The van der Waals surface area contributed by atoms with Crippen molar-refractivity contribution >= 4 is 0 Å². The first-order chi connectivity index (χ1) is 9.72. The molecule has 2 aromatic rings. The number of hydrogen-bond donors (Lipinski definition) is 1. The molecule has 0 saturated carbocycles. The van der Waals surface area contributed by atoms with Crippen LogP contribution in [0.3, 0.4) is 0 Å². The van der Waals surface area contributed by atoms with Crippen molar-refractivity contribution < 1.29 is 0 Å². The van der Waals surface area contributed by atoms with Crippen LogP contribution in [0.15, 0.2) is 48.5 Å². The lowest BCUT2D eigenvalue weighted by molar-refractivity contribution is 0.372. The van der Waals surface area contributed by atoms with Gasteiger partial charge in [-0.1, -0.05) is 54.1 Å². The third-order valence-corrected chi connectivity index (χ3v) is 4.54. The summed E-state index contributed by atoms with van der Waals surface area (Å²) in [6, 6.07) is 17.8. The molecule has 0 heterocycles. The van der Waals surface area contributed by atoms with Gasteiger partial charge in [0.25, 0.3) is 0 Å². The summed E-state index contributed by atoms with van der Waals surface area (Å²) in [5.74, 6) is 0.616. The zero-order valence-electron chi connectivity index (χ0n) is 12.2. The molecule has 1 aliphatic rings.